The van der Waals surface area contributed by atoms with Crippen LogP contribution in [0.4, 0.5) is 0 Å². The molecule has 2 saturated carbocycles. The number of carbonyl (C=O) groups is 1. The fourth-order valence-corrected chi connectivity index (χ4v) is 2.78. The predicted molar refractivity (Wildman–Crippen MR) is 69.8 cm³/mol. The summed E-state index contributed by atoms with van der Waals surface area (Å²) >= 11 is 0. The molecule has 1 unspecified atom stereocenters. The number of amides is 1. The Bertz CT molecular complexity index is 245. The molecule has 17 heavy (non-hydrogen) atoms. The van der Waals surface area contributed by atoms with Crippen LogP contribution in [0.3, 0.4) is 0 Å². The van der Waals surface area contributed by atoms with E-state index in [-0.39, 0.29) is 5.91 Å². The van der Waals surface area contributed by atoms with E-state index < -0.39 is 0 Å². The molecule has 2 aliphatic rings. The second-order valence-electron chi connectivity index (χ2n) is 5.71. The maximum Gasteiger partial charge on any atom is 0.223 e. The van der Waals surface area contributed by atoms with Crippen LogP contribution in [0.1, 0.15) is 51.9 Å². The van der Waals surface area contributed by atoms with Gasteiger partial charge < -0.3 is 10.6 Å². The van der Waals surface area contributed by atoms with Crippen molar-refractivity contribution in [3.05, 3.63) is 0 Å². The molecule has 0 aromatic carbocycles. The molecule has 2 N–H and O–H groups in total. The van der Waals surface area contributed by atoms with E-state index in [4.69, 9.17) is 0 Å². The van der Waals surface area contributed by atoms with E-state index in [2.05, 4.69) is 17.6 Å². The normalized spacial score (nSPS) is 23.4. The summed E-state index contributed by atoms with van der Waals surface area (Å²) in [7, 11) is 0. The van der Waals surface area contributed by atoms with E-state index in [1.54, 1.807) is 0 Å². The topological polar surface area (TPSA) is 41.1 Å². The zero-order chi connectivity index (χ0) is 12.1. The Balaban J connectivity index is 1.52. The van der Waals surface area contributed by atoms with Gasteiger partial charge in [0, 0.05) is 25.0 Å². The van der Waals surface area contributed by atoms with E-state index in [1.807, 2.05) is 0 Å². The van der Waals surface area contributed by atoms with Crippen LogP contribution >= 0.6 is 0 Å². The molecular formula is C14H26N2O. The lowest BCUT2D eigenvalue weighted by Crippen LogP contribution is -2.40. The highest BCUT2D eigenvalue weighted by Gasteiger charge is 2.29. The van der Waals surface area contributed by atoms with Crippen LogP contribution in [0.25, 0.3) is 0 Å². The van der Waals surface area contributed by atoms with Crippen LogP contribution in [-0.4, -0.2) is 25.0 Å². The number of hydrogen-bond donors (Lipinski definition) is 2. The minimum Gasteiger partial charge on any atom is -0.355 e. The van der Waals surface area contributed by atoms with Gasteiger partial charge >= 0.3 is 0 Å². The van der Waals surface area contributed by atoms with Crippen molar-refractivity contribution in [3.8, 4) is 0 Å². The van der Waals surface area contributed by atoms with Gasteiger partial charge in [0.05, 0.1) is 0 Å². The third-order valence-corrected chi connectivity index (χ3v) is 4.20. The second-order valence-corrected chi connectivity index (χ2v) is 5.71. The zero-order valence-corrected chi connectivity index (χ0v) is 11.0. The summed E-state index contributed by atoms with van der Waals surface area (Å²) in [5.74, 6) is 1.45. The molecule has 0 spiro atoms. The summed E-state index contributed by atoms with van der Waals surface area (Å²) in [6, 6.07) is 0.605. The Morgan fingerprint density at radius 1 is 1.12 bits per heavy atom. The molecule has 3 heteroatoms. The van der Waals surface area contributed by atoms with Gasteiger partial charge in [0.1, 0.15) is 0 Å². The third-order valence-electron chi connectivity index (χ3n) is 4.20. The van der Waals surface area contributed by atoms with Gasteiger partial charge in [-0.25, -0.2) is 0 Å². The quantitative estimate of drug-likeness (QED) is 0.696. The summed E-state index contributed by atoms with van der Waals surface area (Å²) in [5, 5.41) is 6.55. The number of carbonyl (C=O) groups excluding carboxylic acids is 1. The van der Waals surface area contributed by atoms with E-state index >= 15 is 0 Å². The largest absolute Gasteiger partial charge is 0.355 e. The molecule has 1 amide bonds. The van der Waals surface area contributed by atoms with Gasteiger partial charge in [-0.05, 0) is 38.5 Å². The van der Waals surface area contributed by atoms with Crippen molar-refractivity contribution in [2.75, 3.05) is 13.1 Å². The molecule has 2 fully saturated rings. The Morgan fingerprint density at radius 2 is 1.82 bits per heavy atom. The van der Waals surface area contributed by atoms with Gasteiger partial charge in [-0.3, -0.25) is 4.79 Å². The van der Waals surface area contributed by atoms with E-state index in [0.29, 0.717) is 12.0 Å². The minimum absolute atomic E-state index is 0.261. The van der Waals surface area contributed by atoms with Crippen molar-refractivity contribution >= 4 is 5.91 Å². The molecule has 0 aromatic rings. The smallest absolute Gasteiger partial charge is 0.223 e. The highest BCUT2D eigenvalue weighted by atomic mass is 16.2. The van der Waals surface area contributed by atoms with Crippen LogP contribution in [0.15, 0.2) is 0 Å². The number of rotatable bonds is 6. The fourth-order valence-electron chi connectivity index (χ4n) is 2.78. The lowest BCUT2D eigenvalue weighted by Gasteiger charge is -2.28. The predicted octanol–water partition coefficient (Wildman–Crippen LogP) is 2.07. The Labute approximate surface area is 105 Å². The fraction of sp³-hybridized carbons (Fsp3) is 0.929. The summed E-state index contributed by atoms with van der Waals surface area (Å²) in [6.45, 7) is 3.99. The maximum atomic E-state index is 11.4. The molecule has 0 heterocycles. The van der Waals surface area contributed by atoms with Crippen molar-refractivity contribution in [1.82, 2.24) is 10.6 Å². The minimum atomic E-state index is 0.261. The Hall–Kier alpha value is -0.570. The summed E-state index contributed by atoms with van der Waals surface area (Å²) in [6.07, 6.45) is 9.16. The van der Waals surface area contributed by atoms with Gasteiger partial charge in [0.2, 0.25) is 5.91 Å². The van der Waals surface area contributed by atoms with Gasteiger partial charge in [-0.2, -0.15) is 0 Å². The third kappa shape index (κ3) is 4.30. The SMILES string of the molecule is CC(NCCNC(=O)C1CC1)C1CCCCC1. The van der Waals surface area contributed by atoms with Crippen LogP contribution in [0.2, 0.25) is 0 Å². The zero-order valence-electron chi connectivity index (χ0n) is 11.0. The van der Waals surface area contributed by atoms with Crippen molar-refractivity contribution in [2.24, 2.45) is 11.8 Å². The summed E-state index contributed by atoms with van der Waals surface area (Å²) in [5.41, 5.74) is 0. The molecule has 3 nitrogen and oxygen atoms in total. The van der Waals surface area contributed by atoms with Gasteiger partial charge in [0.15, 0.2) is 0 Å². The Kier molecular flexibility index (Phi) is 4.84. The second kappa shape index (κ2) is 6.39. The van der Waals surface area contributed by atoms with Crippen molar-refractivity contribution in [2.45, 2.75) is 57.9 Å². The standard InChI is InChI=1S/C14H26N2O/c1-11(12-5-3-2-4-6-12)15-9-10-16-14(17)13-7-8-13/h11-13,15H,2-10H2,1H3,(H,16,17). The van der Waals surface area contributed by atoms with Crippen molar-refractivity contribution in [3.63, 3.8) is 0 Å². The van der Waals surface area contributed by atoms with Crippen LogP contribution in [0, 0.1) is 11.8 Å². The molecule has 98 valence electrons. The van der Waals surface area contributed by atoms with Crippen molar-refractivity contribution in [1.29, 1.82) is 0 Å². The first-order valence-electron chi connectivity index (χ1n) is 7.28. The van der Waals surface area contributed by atoms with Gasteiger partial charge in [-0.1, -0.05) is 19.3 Å². The van der Waals surface area contributed by atoms with E-state index in [0.717, 1.165) is 31.8 Å². The molecule has 2 rings (SSSR count). The Morgan fingerprint density at radius 3 is 2.47 bits per heavy atom. The average Bonchev–Trinajstić information content (AvgIpc) is 3.19. The average molecular weight is 238 g/mol. The van der Waals surface area contributed by atoms with E-state index in [9.17, 15) is 4.79 Å². The molecule has 2 aliphatic carbocycles. The first kappa shape index (κ1) is 12.9. The molecule has 0 aliphatic heterocycles. The highest BCUT2D eigenvalue weighted by molar-refractivity contribution is 5.80. The first-order chi connectivity index (χ1) is 8.27. The first-order valence-corrected chi connectivity index (χ1v) is 7.28. The van der Waals surface area contributed by atoms with E-state index in [1.165, 1.54) is 32.1 Å². The highest BCUT2D eigenvalue weighted by Crippen LogP contribution is 2.28. The van der Waals surface area contributed by atoms with Gasteiger partial charge in [-0.15, -0.1) is 0 Å². The molecule has 0 aromatic heterocycles. The summed E-state index contributed by atoms with van der Waals surface area (Å²) in [4.78, 5) is 11.4. The molecule has 0 radical (unpaired) electrons. The monoisotopic (exact) mass is 238 g/mol. The van der Waals surface area contributed by atoms with Crippen molar-refractivity contribution < 1.29 is 4.79 Å². The molecular weight excluding hydrogens is 212 g/mol. The number of nitrogens with one attached hydrogen (secondary N) is 2. The molecule has 1 atom stereocenters. The summed E-state index contributed by atoms with van der Waals surface area (Å²) < 4.78 is 0. The van der Waals surface area contributed by atoms with Crippen LogP contribution < -0.4 is 10.6 Å². The van der Waals surface area contributed by atoms with Gasteiger partial charge in [0.25, 0.3) is 0 Å². The van der Waals surface area contributed by atoms with Crippen LogP contribution in [-0.2, 0) is 4.79 Å². The molecule has 0 saturated heterocycles. The lowest BCUT2D eigenvalue weighted by atomic mass is 9.84. The maximum absolute atomic E-state index is 11.4. The molecule has 0 bridgehead atoms. The lowest BCUT2D eigenvalue weighted by molar-refractivity contribution is -0.122. The number of hydrogen-bond acceptors (Lipinski definition) is 2. The van der Waals surface area contributed by atoms with Crippen LogP contribution in [0.5, 0.6) is 0 Å².